The van der Waals surface area contributed by atoms with E-state index < -0.39 is 0 Å². The summed E-state index contributed by atoms with van der Waals surface area (Å²) in [5.74, 6) is 1.50. The molecule has 0 bridgehead atoms. The maximum Gasteiger partial charge on any atom is 0.308 e. The number of hydrogen-bond donors (Lipinski definition) is 0. The lowest BCUT2D eigenvalue weighted by Gasteiger charge is -2.43. The molecule has 0 radical (unpaired) electrons. The number of methoxy groups -OCH3 is 1. The van der Waals surface area contributed by atoms with Gasteiger partial charge in [0.1, 0.15) is 12.4 Å². The van der Waals surface area contributed by atoms with Gasteiger partial charge in [-0.1, -0.05) is 23.7 Å². The van der Waals surface area contributed by atoms with Crippen LogP contribution in [-0.4, -0.2) is 40.5 Å². The Kier molecular flexibility index (Phi) is 6.29. The summed E-state index contributed by atoms with van der Waals surface area (Å²) in [6.45, 7) is 2.29. The number of carbonyl (C=O) groups excluding carboxylic acids is 1. The number of ether oxygens (including phenoxy) is 2. The lowest BCUT2D eigenvalue weighted by Crippen LogP contribution is -2.49. The minimum absolute atomic E-state index is 0.0539. The first-order valence-corrected chi connectivity index (χ1v) is 11.6. The van der Waals surface area contributed by atoms with Crippen molar-refractivity contribution in [1.29, 1.82) is 0 Å². The Morgan fingerprint density at radius 2 is 1.88 bits per heavy atom. The van der Waals surface area contributed by atoms with E-state index in [1.165, 1.54) is 12.7 Å². The van der Waals surface area contributed by atoms with E-state index in [-0.39, 0.29) is 11.9 Å². The van der Waals surface area contributed by atoms with Crippen LogP contribution in [0.25, 0.3) is 11.4 Å². The van der Waals surface area contributed by atoms with Crippen LogP contribution in [0.1, 0.15) is 29.7 Å². The zero-order chi connectivity index (χ0) is 22.8. The highest BCUT2D eigenvalue weighted by Crippen LogP contribution is 2.35. The second-order valence-electron chi connectivity index (χ2n) is 8.67. The van der Waals surface area contributed by atoms with Crippen LogP contribution in [0.2, 0.25) is 5.02 Å². The fraction of sp³-hybridized carbons (Fsp3) is 0.346. The minimum atomic E-state index is -0.0852. The van der Waals surface area contributed by atoms with Crippen LogP contribution in [0.3, 0.4) is 0 Å². The molecular formula is C26H26ClN3O3. The van der Waals surface area contributed by atoms with E-state index >= 15 is 0 Å². The molecule has 2 aromatic carbocycles. The van der Waals surface area contributed by atoms with Crippen molar-refractivity contribution in [3.63, 3.8) is 0 Å². The topological polar surface area (TPSA) is 64.5 Å². The summed E-state index contributed by atoms with van der Waals surface area (Å²) in [5, 5.41) is 0.719. The summed E-state index contributed by atoms with van der Waals surface area (Å²) >= 11 is 5.93. The van der Waals surface area contributed by atoms with Crippen molar-refractivity contribution in [3.05, 3.63) is 76.6 Å². The molecule has 5 rings (SSSR count). The van der Waals surface area contributed by atoms with E-state index in [0.29, 0.717) is 12.6 Å². The third-order valence-corrected chi connectivity index (χ3v) is 6.81. The van der Waals surface area contributed by atoms with Gasteiger partial charge in [-0.25, -0.2) is 9.97 Å². The Bertz CT molecular complexity index is 1130. The van der Waals surface area contributed by atoms with Gasteiger partial charge < -0.3 is 9.47 Å². The molecule has 2 heterocycles. The van der Waals surface area contributed by atoms with Gasteiger partial charge in [-0.05, 0) is 54.8 Å². The maximum atomic E-state index is 11.7. The SMILES string of the molecule is COC(=O)C1CC(N2CCc3nc(-c4ccc(OCc5ccc(Cl)cc5)cc4)ncc3C2)C1. The Morgan fingerprint density at radius 1 is 1.12 bits per heavy atom. The van der Waals surface area contributed by atoms with E-state index in [2.05, 4.69) is 9.88 Å². The summed E-state index contributed by atoms with van der Waals surface area (Å²) in [6, 6.07) is 16.0. The standard InChI is InChI=1S/C26H26ClN3O3/c1-32-26(31)19-12-22(13-19)30-11-10-24-20(15-30)14-28-25(29-24)18-4-8-23(9-5-18)33-16-17-2-6-21(27)7-3-17/h2-9,14,19,22H,10-13,15-16H2,1H3. The Labute approximate surface area is 198 Å². The van der Waals surface area contributed by atoms with Gasteiger partial charge in [0.25, 0.3) is 0 Å². The summed E-state index contributed by atoms with van der Waals surface area (Å²) in [7, 11) is 1.46. The van der Waals surface area contributed by atoms with Crippen molar-refractivity contribution in [2.75, 3.05) is 13.7 Å². The van der Waals surface area contributed by atoms with Gasteiger partial charge in [0.15, 0.2) is 5.82 Å². The number of hydrogen-bond acceptors (Lipinski definition) is 6. The summed E-state index contributed by atoms with van der Waals surface area (Å²) in [5.41, 5.74) is 4.33. The second kappa shape index (κ2) is 9.49. The van der Waals surface area contributed by atoms with Gasteiger partial charge in [0.05, 0.1) is 18.7 Å². The lowest BCUT2D eigenvalue weighted by atomic mass is 9.78. The predicted molar refractivity (Wildman–Crippen MR) is 126 cm³/mol. The van der Waals surface area contributed by atoms with Gasteiger partial charge in [-0.2, -0.15) is 0 Å². The number of esters is 1. The van der Waals surface area contributed by atoms with Gasteiger partial charge >= 0.3 is 5.97 Å². The second-order valence-corrected chi connectivity index (χ2v) is 9.11. The molecule has 2 aliphatic rings. The molecule has 0 saturated heterocycles. The van der Waals surface area contributed by atoms with Gasteiger partial charge in [-0.3, -0.25) is 9.69 Å². The average molecular weight is 464 g/mol. The van der Waals surface area contributed by atoms with Crippen molar-refractivity contribution in [1.82, 2.24) is 14.9 Å². The van der Waals surface area contributed by atoms with Crippen molar-refractivity contribution < 1.29 is 14.3 Å². The third kappa shape index (κ3) is 4.87. The molecule has 6 nitrogen and oxygen atoms in total. The van der Waals surface area contributed by atoms with Crippen LogP contribution in [-0.2, 0) is 29.1 Å². The van der Waals surface area contributed by atoms with Gasteiger partial charge in [0.2, 0.25) is 0 Å². The molecule has 170 valence electrons. The first-order chi connectivity index (χ1) is 16.1. The van der Waals surface area contributed by atoms with E-state index in [1.807, 2.05) is 54.7 Å². The van der Waals surface area contributed by atoms with Gasteiger partial charge in [0, 0.05) is 47.9 Å². The largest absolute Gasteiger partial charge is 0.489 e. The number of halogens is 1. The molecule has 1 aliphatic carbocycles. The molecule has 3 aromatic rings. The quantitative estimate of drug-likeness (QED) is 0.494. The fourth-order valence-electron chi connectivity index (χ4n) is 4.48. The molecule has 1 saturated carbocycles. The van der Waals surface area contributed by atoms with Gasteiger partial charge in [-0.15, -0.1) is 0 Å². The molecule has 7 heteroatoms. The lowest BCUT2D eigenvalue weighted by molar-refractivity contribution is -0.151. The van der Waals surface area contributed by atoms with E-state index in [0.717, 1.165) is 65.8 Å². The molecule has 1 aromatic heterocycles. The number of fused-ring (bicyclic) bond motifs is 1. The third-order valence-electron chi connectivity index (χ3n) is 6.56. The zero-order valence-electron chi connectivity index (χ0n) is 18.5. The number of nitrogens with zero attached hydrogens (tertiary/aromatic N) is 3. The zero-order valence-corrected chi connectivity index (χ0v) is 19.3. The van der Waals surface area contributed by atoms with Crippen LogP contribution in [0.5, 0.6) is 5.75 Å². The molecule has 0 unspecified atom stereocenters. The average Bonchev–Trinajstić information content (AvgIpc) is 2.82. The van der Waals surface area contributed by atoms with Crippen LogP contribution in [0, 0.1) is 5.92 Å². The van der Waals surface area contributed by atoms with Crippen molar-refractivity contribution in [2.24, 2.45) is 5.92 Å². The molecule has 0 spiro atoms. The summed E-state index contributed by atoms with van der Waals surface area (Å²) < 4.78 is 10.7. The smallest absolute Gasteiger partial charge is 0.308 e. The first kappa shape index (κ1) is 21.9. The molecule has 0 N–H and O–H groups in total. The Balaban J connectivity index is 1.19. The highest BCUT2D eigenvalue weighted by Gasteiger charge is 2.39. The normalized spacial score (nSPS) is 19.9. The Hall–Kier alpha value is -2.96. The summed E-state index contributed by atoms with van der Waals surface area (Å²) in [4.78, 5) is 23.6. The fourth-order valence-corrected chi connectivity index (χ4v) is 4.61. The number of benzene rings is 2. The van der Waals surface area contributed by atoms with E-state index in [4.69, 9.17) is 26.1 Å². The van der Waals surface area contributed by atoms with E-state index in [1.54, 1.807) is 0 Å². The van der Waals surface area contributed by atoms with Crippen LogP contribution in [0.4, 0.5) is 0 Å². The van der Waals surface area contributed by atoms with Crippen molar-refractivity contribution >= 4 is 17.6 Å². The molecule has 0 atom stereocenters. The predicted octanol–water partition coefficient (Wildman–Crippen LogP) is 4.69. The molecule has 1 fully saturated rings. The van der Waals surface area contributed by atoms with E-state index in [9.17, 15) is 4.79 Å². The number of rotatable bonds is 6. The highest BCUT2D eigenvalue weighted by atomic mass is 35.5. The van der Waals surface area contributed by atoms with Crippen molar-refractivity contribution in [2.45, 2.75) is 38.5 Å². The monoisotopic (exact) mass is 463 g/mol. The molecular weight excluding hydrogens is 438 g/mol. The minimum Gasteiger partial charge on any atom is -0.489 e. The van der Waals surface area contributed by atoms with Crippen LogP contribution >= 0.6 is 11.6 Å². The van der Waals surface area contributed by atoms with Crippen LogP contribution < -0.4 is 4.74 Å². The summed E-state index contributed by atoms with van der Waals surface area (Å²) in [6.07, 6.45) is 4.61. The van der Waals surface area contributed by atoms with Crippen LogP contribution in [0.15, 0.2) is 54.7 Å². The molecule has 1 aliphatic heterocycles. The molecule has 0 amide bonds. The highest BCUT2D eigenvalue weighted by molar-refractivity contribution is 6.30. The number of aromatic nitrogens is 2. The molecule has 33 heavy (non-hydrogen) atoms. The number of carbonyl (C=O) groups is 1. The maximum absolute atomic E-state index is 11.7. The Morgan fingerprint density at radius 3 is 2.61 bits per heavy atom. The van der Waals surface area contributed by atoms with Crippen molar-refractivity contribution in [3.8, 4) is 17.1 Å². The first-order valence-electron chi connectivity index (χ1n) is 11.2.